The van der Waals surface area contributed by atoms with Crippen LogP contribution in [0.3, 0.4) is 0 Å². The average molecular weight is 869 g/mol. The highest BCUT2D eigenvalue weighted by Gasteiger charge is 2.43. The van der Waals surface area contributed by atoms with Crippen molar-refractivity contribution in [3.05, 3.63) is 87.8 Å². The molecule has 3 aliphatic rings. The number of carbonyl (C=O) groups excluding carboxylic acids is 4. The van der Waals surface area contributed by atoms with E-state index in [2.05, 4.69) is 56.6 Å². The zero-order valence-electron chi connectivity index (χ0n) is 32.1. The number of fused-ring (bicyclic) bond motifs is 2. The summed E-state index contributed by atoms with van der Waals surface area (Å²) >= 11 is 3.55. The van der Waals surface area contributed by atoms with Gasteiger partial charge in [-0.15, -0.1) is 0 Å². The van der Waals surface area contributed by atoms with Crippen LogP contribution >= 0.6 is 23.1 Å². The first-order chi connectivity index (χ1) is 27.8. The first-order valence-electron chi connectivity index (χ1n) is 18.4. The maximum absolute atomic E-state index is 13.5. The van der Waals surface area contributed by atoms with Gasteiger partial charge in [0.2, 0.25) is 11.9 Å². The molecule has 2 aromatic heterocycles. The molecule has 2 saturated heterocycles. The summed E-state index contributed by atoms with van der Waals surface area (Å²) < 4.78 is 19.9. The van der Waals surface area contributed by atoms with Crippen LogP contribution in [0.5, 0.6) is 5.75 Å². The molecule has 3 N–H and O–H groups in total. The van der Waals surface area contributed by atoms with E-state index >= 15 is 0 Å². The molecule has 0 spiro atoms. The van der Waals surface area contributed by atoms with E-state index in [9.17, 15) is 23.7 Å². The van der Waals surface area contributed by atoms with Crippen LogP contribution in [-0.4, -0.2) is 112 Å². The number of benzene rings is 3. The van der Waals surface area contributed by atoms with E-state index in [0.717, 1.165) is 53.0 Å². The highest BCUT2D eigenvalue weighted by atomic mass is 79.9. The number of rotatable bonds is 10. The molecule has 0 saturated carbocycles. The number of hydrazine groups is 1. The molecule has 17 nitrogen and oxygen atoms in total. The van der Waals surface area contributed by atoms with Gasteiger partial charge in [0.25, 0.3) is 11.8 Å². The van der Waals surface area contributed by atoms with Crippen LogP contribution in [0.1, 0.15) is 38.3 Å². The molecule has 5 amide bonds. The Morgan fingerprint density at radius 2 is 1.64 bits per heavy atom. The Hall–Kier alpha value is -5.97. The first-order valence-corrected chi connectivity index (χ1v) is 21.8. The third-order valence-electron chi connectivity index (χ3n) is 10.2. The van der Waals surface area contributed by atoms with Gasteiger partial charge < -0.3 is 24.8 Å². The number of piperazine rings is 1. The average Bonchev–Trinajstić information content (AvgIpc) is 3.43. The molecule has 298 valence electrons. The maximum Gasteiger partial charge on any atom is 0.343 e. The maximum atomic E-state index is 13.5. The Morgan fingerprint density at radius 3 is 2.38 bits per heavy atom. The van der Waals surface area contributed by atoms with Gasteiger partial charge in [0.05, 0.1) is 51.5 Å². The summed E-state index contributed by atoms with van der Waals surface area (Å²) in [6, 6.07) is 12.0. The van der Waals surface area contributed by atoms with Gasteiger partial charge in [-0.25, -0.2) is 14.8 Å². The predicted molar refractivity (Wildman–Crippen MR) is 222 cm³/mol. The van der Waals surface area contributed by atoms with Gasteiger partial charge in [-0.05, 0) is 77.6 Å². The lowest BCUT2D eigenvalue weighted by Crippen LogP contribution is -2.58. The summed E-state index contributed by atoms with van der Waals surface area (Å²) in [5.74, 6) is -0.224. The molecule has 19 heteroatoms. The first kappa shape index (κ1) is 38.9. The second kappa shape index (κ2) is 15.4. The number of urea groups is 1. The van der Waals surface area contributed by atoms with Gasteiger partial charge in [-0.1, -0.05) is 6.07 Å². The van der Waals surface area contributed by atoms with E-state index in [1.54, 1.807) is 51.2 Å². The molecule has 3 aliphatic heterocycles. The van der Waals surface area contributed by atoms with Crippen LogP contribution in [0.2, 0.25) is 0 Å². The number of carbonyl (C=O) groups is 4. The monoisotopic (exact) mass is 867 g/mol. The number of imide groups is 2. The van der Waals surface area contributed by atoms with E-state index < -0.39 is 30.9 Å². The molecular formula is C39H39BrN11O6P. The van der Waals surface area contributed by atoms with Gasteiger partial charge in [0.15, 0.2) is 0 Å². The largest absolute Gasteiger partial charge is 0.494 e. The Kier molecular flexibility index (Phi) is 10.3. The third-order valence-corrected chi connectivity index (χ3v) is 12.3. The molecule has 5 aromatic rings. The van der Waals surface area contributed by atoms with Crippen molar-refractivity contribution in [2.75, 3.05) is 68.7 Å². The molecule has 8 rings (SSSR count). The van der Waals surface area contributed by atoms with Crippen molar-refractivity contribution in [2.45, 2.75) is 19.9 Å². The van der Waals surface area contributed by atoms with Crippen molar-refractivity contribution >= 4 is 92.0 Å². The molecule has 3 aromatic carbocycles. The van der Waals surface area contributed by atoms with Gasteiger partial charge in [-0.2, -0.15) is 9.99 Å². The molecular weight excluding hydrogens is 829 g/mol. The number of hydrogen-bond donors (Lipinski definition) is 3. The van der Waals surface area contributed by atoms with Gasteiger partial charge >= 0.3 is 6.03 Å². The van der Waals surface area contributed by atoms with Crippen LogP contribution in [0, 0.1) is 6.92 Å². The number of nitrogens with zero attached hydrogens (tertiary/aromatic N) is 8. The minimum absolute atomic E-state index is 0.000323. The van der Waals surface area contributed by atoms with Crippen molar-refractivity contribution in [2.24, 2.45) is 0 Å². The fourth-order valence-corrected chi connectivity index (χ4v) is 9.14. The van der Waals surface area contributed by atoms with E-state index in [1.807, 2.05) is 37.3 Å². The summed E-state index contributed by atoms with van der Waals surface area (Å²) in [5.41, 5.74) is 5.91. The van der Waals surface area contributed by atoms with Crippen molar-refractivity contribution < 1.29 is 28.5 Å². The summed E-state index contributed by atoms with van der Waals surface area (Å²) in [6.07, 6.45) is 4.83. The number of methoxy groups -OCH3 is 1. The van der Waals surface area contributed by atoms with Crippen LogP contribution in [0.15, 0.2) is 65.5 Å². The van der Waals surface area contributed by atoms with E-state index in [1.165, 1.54) is 0 Å². The highest BCUT2D eigenvalue weighted by molar-refractivity contribution is 9.10. The highest BCUT2D eigenvalue weighted by Crippen LogP contribution is 2.42. The quantitative estimate of drug-likeness (QED) is 0.125. The molecule has 5 heterocycles. The van der Waals surface area contributed by atoms with E-state index in [0.29, 0.717) is 56.2 Å². The number of amides is 5. The number of aromatic nitrogens is 4. The second-order valence-corrected chi connectivity index (χ2v) is 18.5. The van der Waals surface area contributed by atoms with Crippen LogP contribution < -0.4 is 30.9 Å². The summed E-state index contributed by atoms with van der Waals surface area (Å²) in [4.78, 5) is 73.1. The van der Waals surface area contributed by atoms with Crippen molar-refractivity contribution in [1.82, 2.24) is 40.2 Å². The minimum atomic E-state index is -2.79. The van der Waals surface area contributed by atoms with E-state index in [-0.39, 0.29) is 24.1 Å². The Morgan fingerprint density at radius 1 is 0.879 bits per heavy atom. The predicted octanol–water partition coefficient (Wildman–Crippen LogP) is 5.01. The van der Waals surface area contributed by atoms with Crippen molar-refractivity contribution in [1.29, 1.82) is 0 Å². The van der Waals surface area contributed by atoms with Crippen LogP contribution in [0.4, 0.5) is 33.6 Å². The Labute approximate surface area is 341 Å². The number of anilines is 5. The molecule has 58 heavy (non-hydrogen) atoms. The summed E-state index contributed by atoms with van der Waals surface area (Å²) in [7, 11) is -1.18. The smallest absolute Gasteiger partial charge is 0.343 e. The zero-order chi connectivity index (χ0) is 40.9. The second-order valence-electron chi connectivity index (χ2n) is 14.5. The topological polar surface area (TPSA) is 195 Å². The van der Waals surface area contributed by atoms with Crippen molar-refractivity contribution in [3.8, 4) is 5.75 Å². The molecule has 0 atom stereocenters. The van der Waals surface area contributed by atoms with Gasteiger partial charge in [0.1, 0.15) is 24.2 Å². The number of ether oxygens (including phenoxy) is 1. The molecule has 0 unspecified atom stereocenters. The SMILES string of the molecule is COc1cc(N2CCN(Cc3ccc4c(c3)C(=O)N(N3CCC(=O)NC3=O)C4=O)CC2)c(C)cc1Nc1ncc(Br)c(Nc2ccc3nccnc3c2P(C)(C)=O)n1. The zero-order valence-corrected chi connectivity index (χ0v) is 34.6. The minimum Gasteiger partial charge on any atom is -0.494 e. The third kappa shape index (κ3) is 7.45. The van der Waals surface area contributed by atoms with Gasteiger partial charge in [0, 0.05) is 69.5 Å². The lowest BCUT2D eigenvalue weighted by Gasteiger charge is -2.37. The van der Waals surface area contributed by atoms with Crippen LogP contribution in [-0.2, 0) is 15.9 Å². The summed E-state index contributed by atoms with van der Waals surface area (Å²) in [6.45, 7) is 8.95. The normalized spacial score (nSPS) is 16.2. The fourth-order valence-electron chi connectivity index (χ4n) is 7.46. The number of hydrogen-bond acceptors (Lipinski definition) is 14. The van der Waals surface area contributed by atoms with E-state index in [4.69, 9.17) is 9.72 Å². The number of halogens is 1. The fraction of sp³-hybridized carbons (Fsp3) is 0.282. The molecule has 0 aliphatic carbocycles. The summed E-state index contributed by atoms with van der Waals surface area (Å²) in [5, 5.41) is 11.2. The van der Waals surface area contributed by atoms with Gasteiger partial charge in [-0.3, -0.25) is 34.6 Å². The number of aryl methyl sites for hydroxylation is 1. The Balaban J connectivity index is 0.935. The molecule has 0 radical (unpaired) electrons. The lowest BCUT2D eigenvalue weighted by atomic mass is 10.0. The van der Waals surface area contributed by atoms with Crippen molar-refractivity contribution in [3.63, 3.8) is 0 Å². The number of nitrogens with one attached hydrogen (secondary N) is 3. The Bertz CT molecular complexity index is 2580. The standard InChI is InChI=1S/C39H39BrN11O6P/c1-22-17-29(45-38-43-20-26(40)35(47-38)44-28-8-7-27-33(42-11-10-41-27)34(28)58(3,4)56)31(57-2)19-30(22)49-15-13-48(14-16-49)21-23-5-6-24-25(18-23)37(54)51(36(24)53)50-12-9-32(52)46-39(50)55/h5-8,10-11,17-20H,9,12-16,21H2,1-4H3,(H,46,52,55)(H2,43,44,45,47). The lowest BCUT2D eigenvalue weighted by molar-refractivity contribution is -0.122. The molecule has 0 bridgehead atoms. The molecule has 2 fully saturated rings. The van der Waals surface area contributed by atoms with Crippen LogP contribution in [0.25, 0.3) is 11.0 Å².